The number of aromatic amines is 1. The minimum atomic E-state index is -1.32. The van der Waals surface area contributed by atoms with Crippen molar-refractivity contribution >= 4 is 5.97 Å². The number of hydrogen-bond acceptors (Lipinski definition) is 4. The van der Waals surface area contributed by atoms with Crippen molar-refractivity contribution in [3.63, 3.8) is 0 Å². The molecule has 23 heavy (non-hydrogen) atoms. The van der Waals surface area contributed by atoms with Crippen molar-refractivity contribution in [3.05, 3.63) is 62.4 Å². The smallest absolute Gasteiger partial charge is 0.352 e. The lowest BCUT2D eigenvalue weighted by atomic mass is 10.2. The van der Waals surface area contributed by atoms with Gasteiger partial charge in [0, 0.05) is 6.54 Å². The number of benzene rings is 1. The van der Waals surface area contributed by atoms with Gasteiger partial charge in [-0.15, -0.1) is 0 Å². The monoisotopic (exact) mass is 317 g/mol. The number of aromatic carboxylic acids is 1. The molecule has 0 atom stereocenters. The zero-order chi connectivity index (χ0) is 17.0. The maximum absolute atomic E-state index is 12.7. The lowest BCUT2D eigenvalue weighted by Gasteiger charge is -2.19. The Hall–Kier alpha value is -2.67. The number of aromatic nitrogens is 2. The quantitative estimate of drug-likeness (QED) is 0.831. The van der Waals surface area contributed by atoms with Crippen molar-refractivity contribution in [2.24, 2.45) is 0 Å². The first-order valence-electron chi connectivity index (χ1n) is 7.38. The number of rotatable bonds is 6. The van der Waals surface area contributed by atoms with Gasteiger partial charge < -0.3 is 10.1 Å². The molecule has 0 aliphatic heterocycles. The minimum absolute atomic E-state index is 0.0738. The van der Waals surface area contributed by atoms with Gasteiger partial charge in [0.2, 0.25) is 0 Å². The molecule has 2 aromatic rings. The van der Waals surface area contributed by atoms with E-state index in [1.54, 1.807) is 30.3 Å². The second-order valence-electron chi connectivity index (χ2n) is 5.03. The number of nitrogens with one attached hydrogen (secondary N) is 1. The number of hydrogen-bond donors (Lipinski definition) is 2. The molecule has 7 nitrogen and oxygen atoms in total. The minimum Gasteiger partial charge on any atom is -0.477 e. The third-order valence-corrected chi connectivity index (χ3v) is 3.70. The molecule has 2 rings (SSSR count). The van der Waals surface area contributed by atoms with Crippen LogP contribution in [0.4, 0.5) is 0 Å². The van der Waals surface area contributed by atoms with E-state index in [1.165, 1.54) is 0 Å². The molecule has 2 N–H and O–H groups in total. The van der Waals surface area contributed by atoms with Crippen LogP contribution in [0.5, 0.6) is 0 Å². The van der Waals surface area contributed by atoms with Crippen LogP contribution in [0.25, 0.3) is 5.69 Å². The van der Waals surface area contributed by atoms with Gasteiger partial charge in [-0.25, -0.2) is 14.2 Å². The van der Waals surface area contributed by atoms with Crippen molar-refractivity contribution in [3.8, 4) is 5.69 Å². The Bertz CT molecular complexity index is 804. The summed E-state index contributed by atoms with van der Waals surface area (Å²) in [5.41, 5.74) is -1.24. The normalized spacial score (nSPS) is 10.9. The fraction of sp³-hybridized carbons (Fsp3) is 0.312. The summed E-state index contributed by atoms with van der Waals surface area (Å²) in [6.45, 7) is 5.34. The molecule has 0 unspecified atom stereocenters. The fourth-order valence-corrected chi connectivity index (χ4v) is 2.38. The Morgan fingerprint density at radius 2 is 1.78 bits per heavy atom. The molecule has 1 aromatic carbocycles. The summed E-state index contributed by atoms with van der Waals surface area (Å²) in [5, 5.41) is 9.30. The van der Waals surface area contributed by atoms with Crippen LogP contribution in [0.15, 0.2) is 39.9 Å². The highest BCUT2D eigenvalue weighted by Gasteiger charge is 2.21. The Labute approximate surface area is 132 Å². The first kappa shape index (κ1) is 16.7. The molecule has 1 heterocycles. The van der Waals surface area contributed by atoms with E-state index in [1.807, 2.05) is 18.7 Å². The van der Waals surface area contributed by atoms with Crippen LogP contribution < -0.4 is 11.2 Å². The van der Waals surface area contributed by atoms with E-state index >= 15 is 0 Å². The highest BCUT2D eigenvalue weighted by molar-refractivity contribution is 5.86. The van der Waals surface area contributed by atoms with Crippen LogP contribution in [-0.4, -0.2) is 38.6 Å². The Kier molecular flexibility index (Phi) is 5.13. The van der Waals surface area contributed by atoms with Gasteiger partial charge in [0.1, 0.15) is 5.69 Å². The van der Waals surface area contributed by atoms with Crippen LogP contribution in [0, 0.1) is 0 Å². The average Bonchev–Trinajstić information content (AvgIpc) is 2.54. The van der Waals surface area contributed by atoms with Gasteiger partial charge in [-0.2, -0.15) is 0 Å². The number of carboxylic acids is 1. The van der Waals surface area contributed by atoms with Gasteiger partial charge in [-0.05, 0) is 25.2 Å². The molecule has 122 valence electrons. The van der Waals surface area contributed by atoms with E-state index in [0.29, 0.717) is 18.8 Å². The summed E-state index contributed by atoms with van der Waals surface area (Å²) in [6.07, 6.45) is 0. The lowest BCUT2D eigenvalue weighted by molar-refractivity contribution is 0.0686. The predicted molar refractivity (Wildman–Crippen MR) is 86.2 cm³/mol. The standard InChI is InChI=1S/C16H19N3O4/c1-3-18(4-2)10-12-13(15(21)22)17-16(23)19(14(12)20)11-8-6-5-7-9-11/h5-9H,3-4,10H2,1-2H3,(H,17,23)(H,21,22). The number of carboxylic acid groups (broad SMARTS) is 1. The molecule has 0 saturated carbocycles. The van der Waals surface area contributed by atoms with Gasteiger partial charge in [0.15, 0.2) is 0 Å². The molecule has 0 aliphatic rings. The third-order valence-electron chi connectivity index (χ3n) is 3.70. The van der Waals surface area contributed by atoms with Crippen molar-refractivity contribution in [1.82, 2.24) is 14.5 Å². The topological polar surface area (TPSA) is 95.4 Å². The van der Waals surface area contributed by atoms with Crippen molar-refractivity contribution in [1.29, 1.82) is 0 Å². The highest BCUT2D eigenvalue weighted by Crippen LogP contribution is 2.07. The lowest BCUT2D eigenvalue weighted by Crippen LogP contribution is -2.40. The van der Waals surface area contributed by atoms with E-state index < -0.39 is 17.2 Å². The van der Waals surface area contributed by atoms with Crippen LogP contribution in [0.3, 0.4) is 0 Å². The zero-order valence-corrected chi connectivity index (χ0v) is 13.1. The van der Waals surface area contributed by atoms with E-state index in [-0.39, 0.29) is 17.8 Å². The maximum Gasteiger partial charge on any atom is 0.352 e. The molecule has 0 radical (unpaired) electrons. The van der Waals surface area contributed by atoms with Crippen molar-refractivity contribution in [2.75, 3.05) is 13.1 Å². The Morgan fingerprint density at radius 1 is 1.17 bits per heavy atom. The average molecular weight is 317 g/mol. The molecular weight excluding hydrogens is 298 g/mol. The summed E-state index contributed by atoms with van der Waals surface area (Å²) in [4.78, 5) is 40.5. The van der Waals surface area contributed by atoms with E-state index in [4.69, 9.17) is 0 Å². The molecule has 1 aromatic heterocycles. The summed E-state index contributed by atoms with van der Waals surface area (Å²) < 4.78 is 0.964. The first-order valence-corrected chi connectivity index (χ1v) is 7.38. The highest BCUT2D eigenvalue weighted by atomic mass is 16.4. The number of H-pyrrole nitrogens is 1. The van der Waals surface area contributed by atoms with Gasteiger partial charge >= 0.3 is 11.7 Å². The van der Waals surface area contributed by atoms with Crippen molar-refractivity contribution in [2.45, 2.75) is 20.4 Å². The van der Waals surface area contributed by atoms with Gasteiger partial charge in [-0.3, -0.25) is 9.69 Å². The molecule has 0 bridgehead atoms. The zero-order valence-electron chi connectivity index (χ0n) is 13.1. The fourth-order valence-electron chi connectivity index (χ4n) is 2.38. The summed E-state index contributed by atoms with van der Waals surface area (Å²) in [6, 6.07) is 8.43. The molecule has 0 aliphatic carbocycles. The van der Waals surface area contributed by atoms with Gasteiger partial charge in [0.05, 0.1) is 11.3 Å². The largest absolute Gasteiger partial charge is 0.477 e. The van der Waals surface area contributed by atoms with E-state index in [9.17, 15) is 19.5 Å². The Morgan fingerprint density at radius 3 is 2.30 bits per heavy atom. The SMILES string of the molecule is CCN(CC)Cc1c(C(=O)O)[nH]c(=O)n(-c2ccccc2)c1=O. The Balaban J connectivity index is 2.70. The van der Waals surface area contributed by atoms with E-state index in [0.717, 1.165) is 4.57 Å². The number of nitrogens with zero attached hydrogens (tertiary/aromatic N) is 2. The van der Waals surface area contributed by atoms with Gasteiger partial charge in [-0.1, -0.05) is 32.0 Å². The number of para-hydroxylation sites is 1. The second kappa shape index (κ2) is 7.06. The van der Waals surface area contributed by atoms with Crippen LogP contribution in [0.2, 0.25) is 0 Å². The third kappa shape index (κ3) is 3.40. The summed E-state index contributed by atoms with van der Waals surface area (Å²) in [5.74, 6) is -1.32. The first-order chi connectivity index (χ1) is 11.0. The summed E-state index contributed by atoms with van der Waals surface area (Å²) >= 11 is 0. The molecule has 0 spiro atoms. The van der Waals surface area contributed by atoms with Crippen LogP contribution in [-0.2, 0) is 6.54 Å². The maximum atomic E-state index is 12.7. The molecule has 0 saturated heterocycles. The van der Waals surface area contributed by atoms with Gasteiger partial charge in [0.25, 0.3) is 5.56 Å². The second-order valence-corrected chi connectivity index (χ2v) is 5.03. The van der Waals surface area contributed by atoms with Crippen LogP contribution >= 0.6 is 0 Å². The predicted octanol–water partition coefficient (Wildman–Crippen LogP) is 1.07. The molecular formula is C16H19N3O4. The van der Waals surface area contributed by atoms with E-state index in [2.05, 4.69) is 4.98 Å². The molecule has 0 amide bonds. The molecule has 0 fully saturated rings. The van der Waals surface area contributed by atoms with Crippen LogP contribution in [0.1, 0.15) is 29.9 Å². The number of carbonyl (C=O) groups is 1. The summed E-state index contributed by atoms with van der Waals surface area (Å²) in [7, 11) is 0. The molecule has 7 heteroatoms. The van der Waals surface area contributed by atoms with Crippen molar-refractivity contribution < 1.29 is 9.90 Å².